The summed E-state index contributed by atoms with van der Waals surface area (Å²) in [6.45, 7) is 6.60. The van der Waals surface area contributed by atoms with E-state index < -0.39 is 6.10 Å². The molecule has 61 heavy (non-hydrogen) atoms. The summed E-state index contributed by atoms with van der Waals surface area (Å²) < 4.78 is 16.8. The minimum atomic E-state index is -0.773. The number of hydrogen-bond donors (Lipinski definition) is 0. The number of esters is 3. The molecule has 0 fully saturated rings. The van der Waals surface area contributed by atoms with E-state index in [0.717, 1.165) is 70.6 Å². The zero-order valence-corrected chi connectivity index (χ0v) is 40.7. The molecule has 6 heteroatoms. The van der Waals surface area contributed by atoms with Gasteiger partial charge >= 0.3 is 17.9 Å². The lowest BCUT2D eigenvalue weighted by molar-refractivity contribution is -0.167. The Morgan fingerprint density at radius 3 is 0.951 bits per heavy atom. The standard InChI is InChI=1S/C55H100O6/c1-4-7-10-13-16-19-21-23-25-26-27-28-30-31-33-36-39-42-45-48-54(57)60-51-52(50-59-53(56)47-44-41-38-35-18-15-12-9-6-3)61-55(58)49-46-43-40-37-34-32-29-24-22-20-17-14-11-8-5-2/h16,19,23-25,29,52H,4-15,17-18,20-22,26-28,30-51H2,1-3H3/b19-16-,25-23-,29-24-. The molecule has 1 atom stereocenters. The van der Waals surface area contributed by atoms with E-state index in [9.17, 15) is 14.4 Å². The third-order valence-electron chi connectivity index (χ3n) is 11.6. The molecule has 0 rings (SSSR count). The average molecular weight is 857 g/mol. The van der Waals surface area contributed by atoms with Crippen LogP contribution in [0.5, 0.6) is 0 Å². The minimum Gasteiger partial charge on any atom is -0.462 e. The van der Waals surface area contributed by atoms with Gasteiger partial charge in [-0.25, -0.2) is 0 Å². The fourth-order valence-corrected chi connectivity index (χ4v) is 7.59. The zero-order chi connectivity index (χ0) is 44.4. The third kappa shape index (κ3) is 48.5. The van der Waals surface area contributed by atoms with Crippen LogP contribution in [0.15, 0.2) is 36.5 Å². The predicted molar refractivity (Wildman–Crippen MR) is 261 cm³/mol. The highest BCUT2D eigenvalue weighted by Crippen LogP contribution is 2.15. The van der Waals surface area contributed by atoms with E-state index in [2.05, 4.69) is 57.2 Å². The Labute approximate surface area is 378 Å². The quantitative estimate of drug-likeness (QED) is 0.0262. The Balaban J connectivity index is 4.29. The molecule has 0 bridgehead atoms. The van der Waals surface area contributed by atoms with Crippen molar-refractivity contribution in [1.29, 1.82) is 0 Å². The first kappa shape index (κ1) is 58.6. The van der Waals surface area contributed by atoms with E-state index in [0.29, 0.717) is 19.3 Å². The van der Waals surface area contributed by atoms with Crippen LogP contribution in [0.1, 0.15) is 278 Å². The highest BCUT2D eigenvalue weighted by molar-refractivity contribution is 5.71. The highest BCUT2D eigenvalue weighted by Gasteiger charge is 2.19. The molecule has 0 aliphatic heterocycles. The smallest absolute Gasteiger partial charge is 0.306 e. The number of rotatable bonds is 48. The third-order valence-corrected chi connectivity index (χ3v) is 11.6. The van der Waals surface area contributed by atoms with Gasteiger partial charge in [-0.3, -0.25) is 14.4 Å². The van der Waals surface area contributed by atoms with Crippen molar-refractivity contribution in [3.63, 3.8) is 0 Å². The summed E-state index contributed by atoms with van der Waals surface area (Å²) in [5.74, 6) is -0.880. The number of carbonyl (C=O) groups excluding carboxylic acids is 3. The van der Waals surface area contributed by atoms with Gasteiger partial charge in [-0.05, 0) is 77.0 Å². The van der Waals surface area contributed by atoms with Crippen molar-refractivity contribution in [2.24, 2.45) is 0 Å². The first-order chi connectivity index (χ1) is 30.0. The van der Waals surface area contributed by atoms with Crippen LogP contribution >= 0.6 is 0 Å². The van der Waals surface area contributed by atoms with Crippen LogP contribution in [0, 0.1) is 0 Å². The molecular formula is C55H100O6. The van der Waals surface area contributed by atoms with Gasteiger partial charge in [0.05, 0.1) is 0 Å². The lowest BCUT2D eigenvalue weighted by atomic mass is 10.1. The van der Waals surface area contributed by atoms with Crippen LogP contribution in [0.25, 0.3) is 0 Å². The molecule has 0 aromatic heterocycles. The Kier molecular flexibility index (Phi) is 48.3. The van der Waals surface area contributed by atoms with Crippen LogP contribution in [0.4, 0.5) is 0 Å². The van der Waals surface area contributed by atoms with Crippen molar-refractivity contribution in [2.75, 3.05) is 13.2 Å². The summed E-state index contributed by atoms with van der Waals surface area (Å²) in [5, 5.41) is 0. The molecule has 6 nitrogen and oxygen atoms in total. The Bertz CT molecular complexity index is 1030. The normalized spacial score (nSPS) is 12.2. The van der Waals surface area contributed by atoms with Crippen molar-refractivity contribution in [3.05, 3.63) is 36.5 Å². The second-order valence-electron chi connectivity index (χ2n) is 17.8. The second kappa shape index (κ2) is 50.3. The molecule has 0 aromatic rings. The Morgan fingerprint density at radius 2 is 0.590 bits per heavy atom. The maximum atomic E-state index is 12.8. The summed E-state index contributed by atoms with van der Waals surface area (Å²) in [7, 11) is 0. The van der Waals surface area contributed by atoms with Gasteiger partial charge in [-0.1, -0.05) is 218 Å². The summed E-state index contributed by atoms with van der Waals surface area (Å²) in [6.07, 6.45) is 58.4. The van der Waals surface area contributed by atoms with E-state index in [1.165, 1.54) is 167 Å². The maximum absolute atomic E-state index is 12.8. The van der Waals surface area contributed by atoms with Crippen molar-refractivity contribution < 1.29 is 28.6 Å². The van der Waals surface area contributed by atoms with Gasteiger partial charge in [-0.15, -0.1) is 0 Å². The molecule has 356 valence electrons. The number of ether oxygens (including phenoxy) is 3. The first-order valence-corrected chi connectivity index (χ1v) is 26.5. The van der Waals surface area contributed by atoms with E-state index in [-0.39, 0.29) is 31.1 Å². The molecule has 0 aliphatic rings. The SMILES string of the molecule is CCCCC/C=C\C/C=C\CCCCCCCCCCCC(=O)OCC(COC(=O)CCCCCCCCCCC)OC(=O)CCCCCCC/C=C\CCCCCCCC. The summed E-state index contributed by atoms with van der Waals surface area (Å²) in [4.78, 5) is 37.9. The van der Waals surface area contributed by atoms with E-state index in [4.69, 9.17) is 14.2 Å². The van der Waals surface area contributed by atoms with Gasteiger partial charge in [0, 0.05) is 19.3 Å². The topological polar surface area (TPSA) is 78.9 Å². The van der Waals surface area contributed by atoms with Crippen molar-refractivity contribution >= 4 is 17.9 Å². The van der Waals surface area contributed by atoms with Gasteiger partial charge in [0.25, 0.3) is 0 Å². The van der Waals surface area contributed by atoms with E-state index in [1.807, 2.05) is 0 Å². The molecule has 0 aromatic carbocycles. The summed E-state index contributed by atoms with van der Waals surface area (Å²) in [5.41, 5.74) is 0. The van der Waals surface area contributed by atoms with Crippen LogP contribution in [0.2, 0.25) is 0 Å². The average Bonchev–Trinajstić information content (AvgIpc) is 3.26. The maximum Gasteiger partial charge on any atom is 0.306 e. The molecule has 0 radical (unpaired) electrons. The fraction of sp³-hybridized carbons (Fsp3) is 0.836. The van der Waals surface area contributed by atoms with Crippen LogP contribution in [0.3, 0.4) is 0 Å². The van der Waals surface area contributed by atoms with Gasteiger partial charge in [0.1, 0.15) is 13.2 Å². The molecule has 0 saturated heterocycles. The van der Waals surface area contributed by atoms with Crippen molar-refractivity contribution in [1.82, 2.24) is 0 Å². The predicted octanol–water partition coefficient (Wildman–Crippen LogP) is 17.3. The largest absolute Gasteiger partial charge is 0.462 e. The molecule has 0 spiro atoms. The molecule has 0 amide bonds. The van der Waals surface area contributed by atoms with Gasteiger partial charge in [0.15, 0.2) is 6.10 Å². The first-order valence-electron chi connectivity index (χ1n) is 26.5. The monoisotopic (exact) mass is 857 g/mol. The lowest BCUT2D eigenvalue weighted by Gasteiger charge is -2.18. The lowest BCUT2D eigenvalue weighted by Crippen LogP contribution is -2.30. The van der Waals surface area contributed by atoms with Crippen molar-refractivity contribution in [3.8, 4) is 0 Å². The van der Waals surface area contributed by atoms with E-state index >= 15 is 0 Å². The zero-order valence-electron chi connectivity index (χ0n) is 40.7. The minimum absolute atomic E-state index is 0.0742. The number of hydrogen-bond acceptors (Lipinski definition) is 6. The summed E-state index contributed by atoms with van der Waals surface area (Å²) in [6, 6.07) is 0. The second-order valence-corrected chi connectivity index (χ2v) is 17.8. The van der Waals surface area contributed by atoms with Crippen LogP contribution in [-0.2, 0) is 28.6 Å². The van der Waals surface area contributed by atoms with Crippen LogP contribution < -0.4 is 0 Å². The number of unbranched alkanes of at least 4 members (excludes halogenated alkanes) is 31. The molecule has 0 heterocycles. The molecule has 0 saturated carbocycles. The summed E-state index contributed by atoms with van der Waals surface area (Å²) >= 11 is 0. The van der Waals surface area contributed by atoms with Gasteiger partial charge in [-0.2, -0.15) is 0 Å². The van der Waals surface area contributed by atoms with Crippen LogP contribution in [-0.4, -0.2) is 37.2 Å². The Morgan fingerprint density at radius 1 is 0.328 bits per heavy atom. The molecule has 1 unspecified atom stereocenters. The van der Waals surface area contributed by atoms with E-state index in [1.54, 1.807) is 0 Å². The van der Waals surface area contributed by atoms with Crippen molar-refractivity contribution in [2.45, 2.75) is 284 Å². The molecular weight excluding hydrogens is 757 g/mol. The number of carbonyl (C=O) groups is 3. The molecule has 0 aliphatic carbocycles. The molecule has 0 N–H and O–H groups in total. The highest BCUT2D eigenvalue weighted by atomic mass is 16.6. The number of allylic oxidation sites excluding steroid dienone is 6. The van der Waals surface area contributed by atoms with Gasteiger partial charge < -0.3 is 14.2 Å². The fourth-order valence-electron chi connectivity index (χ4n) is 7.59. The van der Waals surface area contributed by atoms with Gasteiger partial charge in [0.2, 0.25) is 0 Å². The Hall–Kier alpha value is -2.37.